The topological polar surface area (TPSA) is 452 Å². The van der Waals surface area contributed by atoms with E-state index in [0.717, 1.165) is 79.9 Å². The number of nitrogens with zero attached hydrogens (tertiary/aromatic N) is 5. The lowest BCUT2D eigenvalue weighted by atomic mass is 9.98. The Morgan fingerprint density at radius 2 is 1.38 bits per heavy atom. The summed E-state index contributed by atoms with van der Waals surface area (Å²) in [6.07, 6.45) is -5.91. The number of aliphatic hydroxyl groups excluding tert-OH is 6. The van der Waals surface area contributed by atoms with Crippen molar-refractivity contribution in [1.82, 2.24) is 56.8 Å². The summed E-state index contributed by atoms with van der Waals surface area (Å²) in [6, 6.07) is 5.26. The molecule has 4 aliphatic rings. The van der Waals surface area contributed by atoms with Crippen LogP contribution in [0.1, 0.15) is 94.0 Å². The number of rotatable bonds is 25. The molecule has 0 aliphatic carbocycles. The van der Waals surface area contributed by atoms with Gasteiger partial charge in [-0.2, -0.15) is 0 Å². The van der Waals surface area contributed by atoms with Gasteiger partial charge in [0.1, 0.15) is 52.0 Å². The molecule has 4 aromatic rings. The SMILES string of the molecule is COCCCCCCCOc1ccc(-c2nnc(-c3ccc(C(=O)N[C@H]4C[C@H](O)CNC(=O)[C@@H]5[C@@H](O)[C@H](C)CN5C(=O)[C@H]([C@H](O)CCNC(=O)N5CCCC5)NC(=O)[C@H]([C@H](O)Cc5ccc(O)c(OSOOO)c5)NC(=O)[C@@H]5C[C@H](O)CN5C(=O)[C@H]([C@H](C)O)NC4=O)cc3)s2)cc1. The average Bonchev–Trinajstić information content (AvgIpc) is 1.69. The highest BCUT2D eigenvalue weighted by molar-refractivity contribution is 7.90. The van der Waals surface area contributed by atoms with Crippen LogP contribution in [0.15, 0.2) is 66.7 Å². The lowest BCUT2D eigenvalue weighted by Gasteiger charge is -2.34. The number of β-amino-alcohol motifs (C(OH)–C–C–N with tert-alkyl or cyclic N) is 1. The molecule has 0 saturated carbocycles. The van der Waals surface area contributed by atoms with E-state index < -0.39 is 171 Å². The van der Waals surface area contributed by atoms with Crippen molar-refractivity contribution >= 4 is 71.0 Å². The van der Waals surface area contributed by atoms with E-state index in [4.69, 9.17) is 18.9 Å². The van der Waals surface area contributed by atoms with Gasteiger partial charge in [-0.05, 0) is 93.1 Å². The van der Waals surface area contributed by atoms with E-state index in [1.165, 1.54) is 42.5 Å². The van der Waals surface area contributed by atoms with Gasteiger partial charge in [0.2, 0.25) is 35.4 Å². The van der Waals surface area contributed by atoms with Crippen LogP contribution in [0.25, 0.3) is 21.1 Å². The van der Waals surface area contributed by atoms with Crippen LogP contribution in [0, 0.1) is 5.92 Å². The number of benzene rings is 3. The third-order valence-corrected chi connectivity index (χ3v) is 18.6. The molecule has 34 heteroatoms. The number of amides is 9. The van der Waals surface area contributed by atoms with Gasteiger partial charge >= 0.3 is 6.03 Å². The Bertz CT molecular complexity index is 3310. The Kier molecular flexibility index (Phi) is 27.9. The smallest absolute Gasteiger partial charge is 0.317 e. The minimum atomic E-state index is -2.15. The van der Waals surface area contributed by atoms with Crippen molar-refractivity contribution in [1.29, 1.82) is 0 Å². The predicted octanol–water partition coefficient (Wildman–Crippen LogP) is 0.0606. The lowest BCUT2D eigenvalue weighted by molar-refractivity contribution is -0.433. The van der Waals surface area contributed by atoms with Crippen LogP contribution in [0.5, 0.6) is 17.2 Å². The summed E-state index contributed by atoms with van der Waals surface area (Å²) in [5.41, 5.74) is 1.50. The highest BCUT2D eigenvalue weighted by Gasteiger charge is 2.50. The Morgan fingerprint density at radius 3 is 2.05 bits per heavy atom. The zero-order valence-corrected chi connectivity index (χ0v) is 55.4. The van der Waals surface area contributed by atoms with Gasteiger partial charge in [0, 0.05) is 94.9 Å². The van der Waals surface area contributed by atoms with Crippen LogP contribution in [0.4, 0.5) is 4.79 Å². The van der Waals surface area contributed by atoms with E-state index in [9.17, 15) is 69.3 Å². The number of hydrogen-bond donors (Lipinski definition) is 14. The van der Waals surface area contributed by atoms with Gasteiger partial charge in [0.15, 0.2) is 11.5 Å². The first-order chi connectivity index (χ1) is 46.5. The number of ether oxygens (including phenoxy) is 2. The average molecular weight is 1400 g/mol. The molecular weight excluding hydrogens is 1310 g/mol. The second-order valence-electron chi connectivity index (χ2n) is 24.4. The Hall–Kier alpha value is -7.87. The molecule has 4 aliphatic heterocycles. The number of nitrogens with one attached hydrogen (secondary N) is 6. The summed E-state index contributed by atoms with van der Waals surface area (Å²) in [5.74, 6) is -8.83. The molecule has 97 heavy (non-hydrogen) atoms. The molecule has 0 unspecified atom stereocenters. The summed E-state index contributed by atoms with van der Waals surface area (Å²) >= 11 is 1.37. The van der Waals surface area contributed by atoms with Crippen LogP contribution in [0.2, 0.25) is 0 Å². The number of carbonyl (C=O) groups is 8. The van der Waals surface area contributed by atoms with Crippen molar-refractivity contribution in [2.24, 2.45) is 5.92 Å². The molecule has 5 heterocycles. The third kappa shape index (κ3) is 20.4. The van der Waals surface area contributed by atoms with Gasteiger partial charge in [-0.25, -0.2) is 10.1 Å². The number of unbranched alkanes of at least 4 members (excludes halogenated alkanes) is 4. The molecule has 14 N–H and O–H groups in total. The van der Waals surface area contributed by atoms with Gasteiger partial charge < -0.3 is 96.0 Å². The number of methoxy groups -OCH3 is 1. The van der Waals surface area contributed by atoms with Crippen molar-refractivity contribution in [3.63, 3.8) is 0 Å². The zero-order valence-electron chi connectivity index (χ0n) is 53.7. The quantitative estimate of drug-likeness (QED) is 0.0181. The lowest BCUT2D eigenvalue weighted by Crippen LogP contribution is -2.64. The maximum atomic E-state index is 15.1. The van der Waals surface area contributed by atoms with Crippen molar-refractivity contribution in [3.05, 3.63) is 77.9 Å². The zero-order chi connectivity index (χ0) is 69.9. The molecule has 8 rings (SSSR count). The fourth-order valence-electron chi connectivity index (χ4n) is 11.8. The summed E-state index contributed by atoms with van der Waals surface area (Å²) in [4.78, 5) is 119. The summed E-state index contributed by atoms with van der Waals surface area (Å²) in [7, 11) is 1.70. The number of phenolic OH excluding ortho intramolecular Hbond substituents is 1. The number of aliphatic hydroxyl groups is 6. The van der Waals surface area contributed by atoms with E-state index in [1.54, 1.807) is 24.1 Å². The normalized spacial score (nSPS) is 24.8. The van der Waals surface area contributed by atoms with Crippen molar-refractivity contribution in [3.8, 4) is 38.4 Å². The van der Waals surface area contributed by atoms with Crippen molar-refractivity contribution < 1.29 is 102 Å². The monoisotopic (exact) mass is 1400 g/mol. The van der Waals surface area contributed by atoms with Crippen molar-refractivity contribution in [2.45, 2.75) is 157 Å². The number of phenols is 1. The number of likely N-dealkylation sites (tertiary alicyclic amines) is 1. The molecule has 0 bridgehead atoms. The van der Waals surface area contributed by atoms with E-state index in [2.05, 4.69) is 51.5 Å². The van der Waals surface area contributed by atoms with E-state index >= 15 is 4.79 Å². The van der Waals surface area contributed by atoms with Gasteiger partial charge in [-0.15, -0.1) is 10.2 Å². The van der Waals surface area contributed by atoms with Crippen LogP contribution in [-0.4, -0.2) is 246 Å². The van der Waals surface area contributed by atoms with Crippen LogP contribution in [0.3, 0.4) is 0 Å². The van der Waals surface area contributed by atoms with Gasteiger partial charge in [-0.1, -0.05) is 65.1 Å². The number of aromatic hydroxyl groups is 1. The molecule has 32 nitrogen and oxygen atoms in total. The molecule has 3 aromatic carbocycles. The first-order valence-electron chi connectivity index (χ1n) is 32.1. The predicted molar refractivity (Wildman–Crippen MR) is 346 cm³/mol. The van der Waals surface area contributed by atoms with Crippen molar-refractivity contribution in [2.75, 3.05) is 59.6 Å². The standard InChI is InChI=1S/C63H85N11O21S2/c1-34-32-74-52(53(34)81)58(86)65-31-40(76)29-43(66-54(82)37-12-14-38(15-13-37)59-70-71-60(96-59)39-16-18-42(19-17-39)92-26-10-6-4-5-9-25-91-3)55(83)67-49(35(2)75)61(87)73-33-41(77)30-44(73)56(84)68-50(47(80)27-36-11-20-45(78)48(28-36)93-97-95-94-90)57(85)69-51(62(74)88)46(79)21-22-64-63(89)72-23-7-8-24-72/h11-20,28,34-35,40-41,43-44,46-47,49-53,75-81,90H,4-10,21-27,29-33H2,1-3H3,(H,64,89)(H,65,86)(H,66,82)(H,67,83)(H,68,84)(H,69,85)/t34-,35+,40+,41+,43+,44+,46-,47-,49+,50+,51+,52+,53+/m1/s1. The molecule has 9 amide bonds. The highest BCUT2D eigenvalue weighted by atomic mass is 32.2. The number of carbonyl (C=O) groups excluding carboxylic acids is 8. The largest absolute Gasteiger partial charge is 0.504 e. The first-order valence-corrected chi connectivity index (χ1v) is 33.5. The second kappa shape index (κ2) is 36.1. The van der Waals surface area contributed by atoms with Crippen LogP contribution in [-0.2, 0) is 49.3 Å². The Morgan fingerprint density at radius 1 is 0.742 bits per heavy atom. The molecule has 530 valence electrons. The fraction of sp³-hybridized carbons (Fsp3) is 0.556. The molecule has 4 fully saturated rings. The molecule has 13 atom stereocenters. The summed E-state index contributed by atoms with van der Waals surface area (Å²) in [5, 5.41) is 117. The Balaban J connectivity index is 1.06. The highest BCUT2D eigenvalue weighted by Crippen LogP contribution is 2.34. The molecule has 1 aromatic heterocycles. The van der Waals surface area contributed by atoms with Gasteiger partial charge in [-0.3, -0.25) is 33.6 Å². The summed E-state index contributed by atoms with van der Waals surface area (Å²) < 4.78 is 20.4. The minimum absolute atomic E-state index is 0.0118. The Labute approximate surface area is 567 Å². The van der Waals surface area contributed by atoms with E-state index in [-0.39, 0.29) is 42.3 Å². The maximum absolute atomic E-state index is 15.1. The molecule has 4 saturated heterocycles. The number of fused-ring (bicyclic) bond motifs is 2. The first kappa shape index (κ1) is 74.9. The maximum Gasteiger partial charge on any atom is 0.317 e. The molecule has 0 radical (unpaired) electrons. The third-order valence-electron chi connectivity index (χ3n) is 17.2. The fourth-order valence-corrected chi connectivity index (χ4v) is 13.0. The van der Waals surface area contributed by atoms with E-state index in [1.807, 2.05) is 24.3 Å². The summed E-state index contributed by atoms with van der Waals surface area (Å²) in [6.45, 7) is 3.03. The number of aromatic nitrogens is 2. The molecule has 0 spiro atoms. The number of hydrogen-bond acceptors (Lipinski definition) is 25. The van der Waals surface area contributed by atoms with Crippen LogP contribution < -0.4 is 40.8 Å². The minimum Gasteiger partial charge on any atom is -0.504 e. The van der Waals surface area contributed by atoms with Gasteiger partial charge in [0.25, 0.3) is 18.2 Å². The molecular formula is C63H85N11O21S2. The van der Waals surface area contributed by atoms with E-state index in [0.29, 0.717) is 41.0 Å². The van der Waals surface area contributed by atoms with Gasteiger partial charge in [0.05, 0.1) is 43.2 Å². The number of urea groups is 1. The second-order valence-corrected chi connectivity index (χ2v) is 25.8. The van der Waals surface area contributed by atoms with Crippen LogP contribution >= 0.6 is 23.7 Å².